The van der Waals surface area contributed by atoms with E-state index in [9.17, 15) is 14.6 Å². The molecule has 0 fully saturated rings. The van der Waals surface area contributed by atoms with Crippen molar-refractivity contribution in [3.63, 3.8) is 0 Å². The highest BCUT2D eigenvalue weighted by atomic mass is 31.2. The molecule has 0 aliphatic carbocycles. The summed E-state index contributed by atoms with van der Waals surface area (Å²) < 4.78 is 27.6. The molecule has 1 N–H and O–H groups in total. The van der Waals surface area contributed by atoms with Gasteiger partial charge in [-0.15, -0.1) is 0 Å². The third-order valence-corrected chi connectivity index (χ3v) is 5.95. The molecular weight excluding hydrogens is 405 g/mol. The quantitative estimate of drug-likeness (QED) is 0.150. The van der Waals surface area contributed by atoms with E-state index in [1.54, 1.807) is 0 Å². The normalized spacial score (nSPS) is 15.3. The highest BCUT2D eigenvalue weighted by molar-refractivity contribution is 7.45. The molecule has 0 aliphatic heterocycles. The minimum atomic E-state index is -4.37. The monoisotopic (exact) mass is 453 g/mol. The summed E-state index contributed by atoms with van der Waals surface area (Å²) in [5.74, 6) is 0. The van der Waals surface area contributed by atoms with E-state index in [0.29, 0.717) is 17.6 Å². The number of hydrogen-bond donors (Lipinski definition) is 1. The molecule has 1 unspecified atom stereocenters. The summed E-state index contributed by atoms with van der Waals surface area (Å²) >= 11 is 0. The Bertz CT molecular complexity index is 430. The van der Waals surface area contributed by atoms with E-state index in [4.69, 9.17) is 13.8 Å². The predicted molar refractivity (Wildman–Crippen MR) is 120 cm³/mol. The summed E-state index contributed by atoms with van der Waals surface area (Å²) in [6.07, 6.45) is 14.6. The Morgan fingerprint density at radius 1 is 0.833 bits per heavy atom. The molecule has 2 atom stereocenters. The number of unbranched alkanes of at least 4 members (excludes halogenated alkanes) is 11. The second-order valence-electron chi connectivity index (χ2n) is 9.15. The van der Waals surface area contributed by atoms with Gasteiger partial charge in [0, 0.05) is 6.61 Å². The van der Waals surface area contributed by atoms with Crippen LogP contribution >= 0.6 is 7.82 Å². The molecule has 0 saturated heterocycles. The summed E-state index contributed by atoms with van der Waals surface area (Å²) in [5, 5.41) is 9.36. The Kier molecular flexibility index (Phi) is 18.5. The molecule has 0 heterocycles. The van der Waals surface area contributed by atoms with Gasteiger partial charge in [0.05, 0.1) is 34.4 Å². The Balaban J connectivity index is 3.62. The maximum atomic E-state index is 11.8. The fourth-order valence-corrected chi connectivity index (χ4v) is 3.71. The second-order valence-corrected chi connectivity index (χ2v) is 10.6. The van der Waals surface area contributed by atoms with Gasteiger partial charge in [-0.1, -0.05) is 77.6 Å². The zero-order valence-corrected chi connectivity index (χ0v) is 20.9. The number of hydrogen-bond acceptors (Lipinski definition) is 6. The maximum Gasteiger partial charge on any atom is 0.268 e. The predicted octanol–water partition coefficient (Wildman–Crippen LogP) is 4.27. The molecule has 0 rings (SSSR count). The lowest BCUT2D eigenvalue weighted by Crippen LogP contribution is -2.37. The van der Waals surface area contributed by atoms with Gasteiger partial charge in [-0.05, 0) is 6.42 Å². The number of aliphatic hydroxyl groups is 1. The fourth-order valence-electron chi connectivity index (χ4n) is 2.98. The third kappa shape index (κ3) is 21.2. The van der Waals surface area contributed by atoms with Gasteiger partial charge in [-0.2, -0.15) is 0 Å². The van der Waals surface area contributed by atoms with Crippen molar-refractivity contribution >= 4 is 7.82 Å². The number of aliphatic hydroxyl groups excluding tert-OH is 1. The Labute approximate surface area is 185 Å². The smallest absolute Gasteiger partial charge is 0.268 e. The van der Waals surface area contributed by atoms with Crippen LogP contribution in [0.25, 0.3) is 0 Å². The first kappa shape index (κ1) is 30.0. The van der Waals surface area contributed by atoms with Gasteiger partial charge in [0.15, 0.2) is 0 Å². The molecule has 0 bridgehead atoms. The lowest BCUT2D eigenvalue weighted by molar-refractivity contribution is -0.870. The first-order valence-electron chi connectivity index (χ1n) is 11.8. The van der Waals surface area contributed by atoms with Crippen molar-refractivity contribution in [1.29, 1.82) is 0 Å². The van der Waals surface area contributed by atoms with Gasteiger partial charge in [-0.3, -0.25) is 4.57 Å². The molecule has 0 aromatic heterocycles. The van der Waals surface area contributed by atoms with E-state index in [0.717, 1.165) is 12.8 Å². The van der Waals surface area contributed by atoms with E-state index >= 15 is 0 Å². The van der Waals surface area contributed by atoms with E-state index in [2.05, 4.69) is 6.92 Å². The third-order valence-electron chi connectivity index (χ3n) is 4.99. The molecule has 182 valence electrons. The van der Waals surface area contributed by atoms with Crippen LogP contribution in [0.5, 0.6) is 0 Å². The molecule has 0 aromatic rings. The first-order valence-corrected chi connectivity index (χ1v) is 13.3. The van der Waals surface area contributed by atoms with Crippen molar-refractivity contribution in [2.75, 3.05) is 54.1 Å². The lowest BCUT2D eigenvalue weighted by Gasteiger charge is -2.28. The van der Waals surface area contributed by atoms with E-state index < -0.39 is 13.9 Å². The average molecular weight is 454 g/mol. The second kappa shape index (κ2) is 18.6. The van der Waals surface area contributed by atoms with Crippen molar-refractivity contribution in [3.05, 3.63) is 0 Å². The number of phosphoric ester groups is 1. The summed E-state index contributed by atoms with van der Waals surface area (Å²) in [7, 11) is 1.48. The van der Waals surface area contributed by atoms with Gasteiger partial charge >= 0.3 is 0 Å². The van der Waals surface area contributed by atoms with Crippen molar-refractivity contribution < 1.29 is 32.8 Å². The Morgan fingerprint density at radius 2 is 1.33 bits per heavy atom. The summed E-state index contributed by atoms with van der Waals surface area (Å²) in [5.41, 5.74) is 0. The van der Waals surface area contributed by atoms with E-state index in [1.807, 2.05) is 21.1 Å². The Morgan fingerprint density at radius 3 is 1.80 bits per heavy atom. The molecule has 0 radical (unpaired) electrons. The van der Waals surface area contributed by atoms with Crippen LogP contribution in [-0.4, -0.2) is 69.8 Å². The number of phosphoric acid groups is 1. The van der Waals surface area contributed by atoms with Gasteiger partial charge in [0.25, 0.3) is 7.82 Å². The molecule has 7 nitrogen and oxygen atoms in total. The molecule has 0 aliphatic rings. The molecule has 0 amide bonds. The van der Waals surface area contributed by atoms with Crippen LogP contribution in [0, 0.1) is 0 Å². The minimum Gasteiger partial charge on any atom is -0.756 e. The molecule has 30 heavy (non-hydrogen) atoms. The van der Waals surface area contributed by atoms with Gasteiger partial charge < -0.3 is 28.3 Å². The van der Waals surface area contributed by atoms with Crippen LogP contribution in [0.1, 0.15) is 84.0 Å². The first-order chi connectivity index (χ1) is 14.2. The minimum absolute atomic E-state index is 0.0633. The highest BCUT2D eigenvalue weighted by Crippen LogP contribution is 2.38. The topological polar surface area (TPSA) is 88.0 Å². The zero-order chi connectivity index (χ0) is 22.7. The lowest BCUT2D eigenvalue weighted by atomic mass is 10.1. The van der Waals surface area contributed by atoms with E-state index in [-0.39, 0.29) is 19.8 Å². The zero-order valence-electron chi connectivity index (χ0n) is 20.0. The highest BCUT2D eigenvalue weighted by Gasteiger charge is 2.16. The van der Waals surface area contributed by atoms with Gasteiger partial charge in [0.1, 0.15) is 19.3 Å². The van der Waals surface area contributed by atoms with Crippen LogP contribution in [-0.2, 0) is 18.3 Å². The van der Waals surface area contributed by atoms with Crippen LogP contribution in [0.2, 0.25) is 0 Å². The van der Waals surface area contributed by atoms with E-state index in [1.165, 1.54) is 64.2 Å². The van der Waals surface area contributed by atoms with Crippen LogP contribution < -0.4 is 4.89 Å². The van der Waals surface area contributed by atoms with Crippen LogP contribution in [0.15, 0.2) is 0 Å². The molecule has 0 aromatic carbocycles. The number of rotatable bonds is 22. The van der Waals surface area contributed by atoms with Crippen molar-refractivity contribution in [1.82, 2.24) is 0 Å². The molecule has 8 heteroatoms. The van der Waals surface area contributed by atoms with Crippen LogP contribution in [0.3, 0.4) is 0 Å². The van der Waals surface area contributed by atoms with Crippen molar-refractivity contribution in [2.24, 2.45) is 0 Å². The van der Waals surface area contributed by atoms with Crippen LogP contribution in [0.4, 0.5) is 0 Å². The molecule has 0 spiro atoms. The summed E-state index contributed by atoms with van der Waals surface area (Å²) in [4.78, 5) is 11.8. The Hall–Kier alpha value is -0.0100. The van der Waals surface area contributed by atoms with Crippen molar-refractivity contribution in [2.45, 2.75) is 90.1 Å². The average Bonchev–Trinajstić information content (AvgIpc) is 2.66. The standard InChI is InChI=1S/C22H48NO6P/c1-5-6-7-8-9-10-11-12-13-14-15-16-18-27-22(20-24)21-29-30(25,26)28-19-17-23(2,3)4/h22,24H,5-21H2,1-4H3/t22-/m0/s1. The molecular formula is C22H48NO6P. The van der Waals surface area contributed by atoms with Crippen molar-refractivity contribution in [3.8, 4) is 0 Å². The number of likely N-dealkylation sites (N-methyl/N-ethyl adjacent to an activating group) is 1. The summed E-state index contributed by atoms with van der Waals surface area (Å²) in [6.45, 7) is 2.86. The maximum absolute atomic E-state index is 11.8. The number of ether oxygens (including phenoxy) is 1. The van der Waals surface area contributed by atoms with Gasteiger partial charge in [0.2, 0.25) is 0 Å². The van der Waals surface area contributed by atoms with Gasteiger partial charge in [-0.25, -0.2) is 0 Å². The summed E-state index contributed by atoms with van der Waals surface area (Å²) in [6, 6.07) is 0. The number of quaternary nitrogens is 1. The SMILES string of the molecule is CCCCCCCCCCCCCCO[C@@H](CO)COP(=O)([O-])OCC[N+](C)(C)C. The number of nitrogens with zero attached hydrogens (tertiary/aromatic N) is 1. The largest absolute Gasteiger partial charge is 0.756 e. The fraction of sp³-hybridized carbons (Fsp3) is 1.00. The molecule has 0 saturated carbocycles.